The highest BCUT2D eigenvalue weighted by atomic mass is 32.1. The van der Waals surface area contributed by atoms with E-state index in [2.05, 4.69) is 10.2 Å². The zero-order chi connectivity index (χ0) is 16.5. The fraction of sp³-hybridized carbons (Fsp3) is 0.100. The fourth-order valence-corrected chi connectivity index (χ4v) is 2.01. The van der Waals surface area contributed by atoms with Gasteiger partial charge in [-0.1, -0.05) is 11.3 Å². The van der Waals surface area contributed by atoms with Gasteiger partial charge in [-0.25, -0.2) is 4.39 Å². The Morgan fingerprint density at radius 2 is 2.00 bits per heavy atom. The van der Waals surface area contributed by atoms with E-state index < -0.39 is 44.2 Å². The summed E-state index contributed by atoms with van der Waals surface area (Å²) >= 11 is 0.0571. The van der Waals surface area contributed by atoms with Crippen molar-refractivity contribution >= 4 is 28.1 Å². The van der Waals surface area contributed by atoms with E-state index in [-0.39, 0.29) is 11.3 Å². The Bertz CT molecular complexity index is 746. The first-order chi connectivity index (χ1) is 10.2. The average Bonchev–Trinajstić information content (AvgIpc) is 2.86. The number of benzene rings is 1. The zero-order valence-electron chi connectivity index (χ0n) is 10.2. The number of hydrogen-bond acceptors (Lipinski definition) is 6. The predicted molar refractivity (Wildman–Crippen MR) is 65.9 cm³/mol. The Labute approximate surface area is 122 Å². The molecule has 2 rings (SSSR count). The van der Waals surface area contributed by atoms with Crippen LogP contribution in [-0.2, 0) is 6.18 Å². The van der Waals surface area contributed by atoms with Crippen molar-refractivity contribution in [3.63, 3.8) is 0 Å². The summed E-state index contributed by atoms with van der Waals surface area (Å²) in [6, 6.07) is 2.17. The molecule has 2 aromatic rings. The van der Waals surface area contributed by atoms with Gasteiger partial charge in [-0.15, -0.1) is 10.2 Å². The van der Waals surface area contributed by atoms with Crippen LogP contribution < -0.4 is 5.32 Å². The molecule has 7 nitrogen and oxygen atoms in total. The first kappa shape index (κ1) is 15.8. The Balaban J connectivity index is 2.26. The van der Waals surface area contributed by atoms with Crippen LogP contribution in [0.4, 0.5) is 28.4 Å². The fourth-order valence-electron chi connectivity index (χ4n) is 1.40. The largest absolute Gasteiger partial charge is 0.445 e. The Hall–Kier alpha value is -2.63. The highest BCUT2D eigenvalue weighted by Gasteiger charge is 2.36. The number of halogens is 4. The van der Waals surface area contributed by atoms with Crippen molar-refractivity contribution in [1.82, 2.24) is 10.2 Å². The summed E-state index contributed by atoms with van der Waals surface area (Å²) in [5, 5.41) is 16.9. The molecule has 0 saturated carbocycles. The lowest BCUT2D eigenvalue weighted by Crippen LogP contribution is -2.14. The van der Waals surface area contributed by atoms with Crippen LogP contribution in [0, 0.1) is 15.9 Å². The van der Waals surface area contributed by atoms with Crippen LogP contribution in [0.5, 0.6) is 0 Å². The first-order valence-corrected chi connectivity index (χ1v) is 6.16. The lowest BCUT2D eigenvalue weighted by Gasteiger charge is -2.02. The molecular weight excluding hydrogens is 332 g/mol. The van der Waals surface area contributed by atoms with Gasteiger partial charge in [0.1, 0.15) is 11.4 Å². The normalized spacial score (nSPS) is 11.3. The van der Waals surface area contributed by atoms with Gasteiger partial charge in [0.25, 0.3) is 11.6 Å². The molecule has 0 unspecified atom stereocenters. The Kier molecular flexibility index (Phi) is 4.03. The standard InChI is InChI=1S/C10H4F4N4O3S/c11-4-1-2-5(6(3-4)18(20)21)7(19)15-9-17-16-8(22-9)10(12,13)14/h1-3H,(H,15,17,19). The summed E-state index contributed by atoms with van der Waals surface area (Å²) in [5.41, 5.74) is -1.34. The molecule has 0 bridgehead atoms. The number of nitro benzene ring substituents is 1. The van der Waals surface area contributed by atoms with Gasteiger partial charge in [0, 0.05) is 0 Å². The minimum absolute atomic E-state index is 0.0571. The molecule has 1 aromatic heterocycles. The molecule has 12 heteroatoms. The molecule has 1 heterocycles. The highest BCUT2D eigenvalue weighted by Crippen LogP contribution is 2.33. The molecule has 1 amide bonds. The molecule has 0 radical (unpaired) electrons. The highest BCUT2D eigenvalue weighted by molar-refractivity contribution is 7.15. The topological polar surface area (TPSA) is 98.0 Å². The van der Waals surface area contributed by atoms with Gasteiger partial charge in [0.15, 0.2) is 0 Å². The van der Waals surface area contributed by atoms with E-state index in [1.807, 2.05) is 5.32 Å². The summed E-state index contributed by atoms with van der Waals surface area (Å²) in [7, 11) is 0. The summed E-state index contributed by atoms with van der Waals surface area (Å²) in [4.78, 5) is 21.6. The maximum Gasteiger partial charge on any atom is 0.445 e. The zero-order valence-corrected chi connectivity index (χ0v) is 11.0. The van der Waals surface area contributed by atoms with Gasteiger partial charge in [-0.05, 0) is 12.1 Å². The van der Waals surface area contributed by atoms with Gasteiger partial charge in [-0.2, -0.15) is 13.2 Å². The van der Waals surface area contributed by atoms with E-state index in [4.69, 9.17) is 0 Å². The van der Waals surface area contributed by atoms with Crippen LogP contribution in [0.1, 0.15) is 15.4 Å². The lowest BCUT2D eigenvalue weighted by atomic mass is 10.1. The van der Waals surface area contributed by atoms with Crippen LogP contribution in [0.2, 0.25) is 0 Å². The van der Waals surface area contributed by atoms with E-state index in [0.717, 1.165) is 12.1 Å². The molecular formula is C10H4F4N4O3S. The molecule has 1 aromatic carbocycles. The molecule has 0 aliphatic carbocycles. The van der Waals surface area contributed by atoms with E-state index in [0.29, 0.717) is 6.07 Å². The third-order valence-electron chi connectivity index (χ3n) is 2.29. The van der Waals surface area contributed by atoms with Crippen molar-refractivity contribution in [2.45, 2.75) is 6.18 Å². The summed E-state index contributed by atoms with van der Waals surface area (Å²) < 4.78 is 50.0. The minimum atomic E-state index is -4.72. The third kappa shape index (κ3) is 3.33. The van der Waals surface area contributed by atoms with E-state index in [1.165, 1.54) is 0 Å². The number of carbonyl (C=O) groups excluding carboxylic acids is 1. The predicted octanol–water partition coefficient (Wildman–Crippen LogP) is 2.86. The number of anilines is 1. The number of rotatable bonds is 3. The lowest BCUT2D eigenvalue weighted by molar-refractivity contribution is -0.385. The molecule has 0 fully saturated rings. The minimum Gasteiger partial charge on any atom is -0.296 e. The van der Waals surface area contributed by atoms with Gasteiger partial charge in [0.2, 0.25) is 10.1 Å². The molecule has 22 heavy (non-hydrogen) atoms. The summed E-state index contributed by atoms with van der Waals surface area (Å²) in [6.45, 7) is 0. The number of hydrogen-bond donors (Lipinski definition) is 1. The van der Waals surface area contributed by atoms with Crippen LogP contribution in [-0.4, -0.2) is 21.0 Å². The SMILES string of the molecule is O=C(Nc1nnc(C(F)(F)F)s1)c1ccc(F)cc1[N+](=O)[O-]. The van der Waals surface area contributed by atoms with Gasteiger partial charge in [0.05, 0.1) is 11.0 Å². The second-order valence-electron chi connectivity index (χ2n) is 3.78. The summed E-state index contributed by atoms with van der Waals surface area (Å²) in [5.74, 6) is -2.03. The van der Waals surface area contributed by atoms with Crippen molar-refractivity contribution in [3.05, 3.63) is 44.7 Å². The maximum atomic E-state index is 13.0. The number of nitrogens with zero attached hydrogens (tertiary/aromatic N) is 3. The smallest absolute Gasteiger partial charge is 0.296 e. The number of nitrogens with one attached hydrogen (secondary N) is 1. The molecule has 0 atom stereocenters. The number of nitro groups is 1. The molecule has 0 spiro atoms. The van der Waals surface area contributed by atoms with Crippen LogP contribution in [0.3, 0.4) is 0 Å². The molecule has 0 saturated heterocycles. The third-order valence-corrected chi connectivity index (χ3v) is 3.17. The van der Waals surface area contributed by atoms with Crippen molar-refractivity contribution < 1.29 is 27.3 Å². The van der Waals surface area contributed by atoms with Gasteiger partial charge in [-0.3, -0.25) is 20.2 Å². The van der Waals surface area contributed by atoms with E-state index >= 15 is 0 Å². The molecule has 0 aliphatic heterocycles. The average molecular weight is 336 g/mol. The van der Waals surface area contributed by atoms with E-state index in [9.17, 15) is 32.5 Å². The Morgan fingerprint density at radius 3 is 2.55 bits per heavy atom. The number of aromatic nitrogens is 2. The number of amides is 1. The van der Waals surface area contributed by atoms with Crippen molar-refractivity contribution in [3.8, 4) is 0 Å². The number of carbonyl (C=O) groups is 1. The molecule has 116 valence electrons. The molecule has 0 aliphatic rings. The van der Waals surface area contributed by atoms with Crippen molar-refractivity contribution in [2.75, 3.05) is 5.32 Å². The van der Waals surface area contributed by atoms with Crippen LogP contribution in [0.15, 0.2) is 18.2 Å². The van der Waals surface area contributed by atoms with E-state index in [1.54, 1.807) is 0 Å². The van der Waals surface area contributed by atoms with Crippen molar-refractivity contribution in [1.29, 1.82) is 0 Å². The quantitative estimate of drug-likeness (QED) is 0.528. The van der Waals surface area contributed by atoms with Crippen molar-refractivity contribution in [2.24, 2.45) is 0 Å². The monoisotopic (exact) mass is 336 g/mol. The van der Waals surface area contributed by atoms with Crippen LogP contribution in [0.25, 0.3) is 0 Å². The summed E-state index contributed by atoms with van der Waals surface area (Å²) in [6.07, 6.45) is -4.72. The maximum absolute atomic E-state index is 13.0. The number of alkyl halides is 3. The molecule has 1 N–H and O–H groups in total. The van der Waals surface area contributed by atoms with Gasteiger partial charge >= 0.3 is 6.18 Å². The van der Waals surface area contributed by atoms with Crippen LogP contribution >= 0.6 is 11.3 Å². The van der Waals surface area contributed by atoms with Gasteiger partial charge < -0.3 is 0 Å². The second kappa shape index (κ2) is 5.63. The Morgan fingerprint density at radius 1 is 1.32 bits per heavy atom. The second-order valence-corrected chi connectivity index (χ2v) is 4.76. The first-order valence-electron chi connectivity index (χ1n) is 5.34.